The number of rotatable bonds is 8. The monoisotopic (exact) mass is 542 g/mol. The number of imidazole rings is 1. The fraction of sp³-hybridized carbons (Fsp3) is 0.367. The molecule has 8 nitrogen and oxygen atoms in total. The van der Waals surface area contributed by atoms with Crippen LogP contribution in [0.5, 0.6) is 0 Å². The highest BCUT2D eigenvalue weighted by molar-refractivity contribution is 6.89. The molecule has 0 radical (unpaired) electrons. The van der Waals surface area contributed by atoms with Crippen LogP contribution >= 0.6 is 0 Å². The van der Waals surface area contributed by atoms with E-state index >= 15 is 0 Å². The number of benzene rings is 2. The minimum atomic E-state index is -1.92. The number of fused-ring (bicyclic) bond motifs is 2. The van der Waals surface area contributed by atoms with E-state index in [0.29, 0.717) is 12.2 Å². The predicted molar refractivity (Wildman–Crippen MR) is 152 cm³/mol. The van der Waals surface area contributed by atoms with Gasteiger partial charge in [-0.3, -0.25) is 9.59 Å². The Hall–Kier alpha value is -3.85. The summed E-state index contributed by atoms with van der Waals surface area (Å²) < 4.78 is 12.9. The SMILES string of the molecule is CCOC(=O)C1(C(=O)OCC)Cc2cc(-c3ncnc4ncn(Cc5ccccc5)c34)c([Si](C)(C)C)cc2C1. The molecule has 9 heteroatoms. The second-order valence-electron chi connectivity index (χ2n) is 11.0. The van der Waals surface area contributed by atoms with Gasteiger partial charge in [0.25, 0.3) is 0 Å². The van der Waals surface area contributed by atoms with Gasteiger partial charge in [0.2, 0.25) is 0 Å². The van der Waals surface area contributed by atoms with Crippen molar-refractivity contribution in [3.8, 4) is 11.3 Å². The van der Waals surface area contributed by atoms with Gasteiger partial charge in [0, 0.05) is 12.1 Å². The van der Waals surface area contributed by atoms with E-state index < -0.39 is 25.4 Å². The Kier molecular flexibility index (Phi) is 7.11. The number of nitrogens with zero attached hydrogens (tertiary/aromatic N) is 4. The molecule has 39 heavy (non-hydrogen) atoms. The van der Waals surface area contributed by atoms with Crippen molar-refractivity contribution in [1.29, 1.82) is 0 Å². The van der Waals surface area contributed by atoms with Crippen LogP contribution in [0.1, 0.15) is 30.5 Å². The summed E-state index contributed by atoms with van der Waals surface area (Å²) >= 11 is 0. The first-order valence-corrected chi connectivity index (χ1v) is 16.9. The molecule has 1 aliphatic carbocycles. The van der Waals surface area contributed by atoms with Crippen LogP contribution in [0.25, 0.3) is 22.4 Å². The van der Waals surface area contributed by atoms with Crippen LogP contribution in [0.3, 0.4) is 0 Å². The number of carbonyl (C=O) groups excluding carboxylic acids is 2. The number of esters is 2. The summed E-state index contributed by atoms with van der Waals surface area (Å²) in [5.74, 6) is -1.05. The maximum Gasteiger partial charge on any atom is 0.324 e. The van der Waals surface area contributed by atoms with Gasteiger partial charge >= 0.3 is 11.9 Å². The lowest BCUT2D eigenvalue weighted by molar-refractivity contribution is -0.171. The van der Waals surface area contributed by atoms with Crippen molar-refractivity contribution in [2.45, 2.75) is 52.9 Å². The zero-order chi connectivity index (χ0) is 27.8. The first kappa shape index (κ1) is 26.7. The van der Waals surface area contributed by atoms with Crippen LogP contribution in [0.2, 0.25) is 19.6 Å². The Morgan fingerprint density at radius 2 is 1.56 bits per heavy atom. The van der Waals surface area contributed by atoms with Gasteiger partial charge in [0.15, 0.2) is 11.1 Å². The maximum atomic E-state index is 13.2. The Bertz CT molecular complexity index is 1520. The molecule has 0 fully saturated rings. The lowest BCUT2D eigenvalue weighted by Crippen LogP contribution is -2.43. The van der Waals surface area contributed by atoms with E-state index in [4.69, 9.17) is 14.5 Å². The fourth-order valence-corrected chi connectivity index (χ4v) is 7.07. The molecule has 0 amide bonds. The Labute approximate surface area is 229 Å². The third kappa shape index (κ3) is 4.87. The maximum absolute atomic E-state index is 13.2. The first-order valence-electron chi connectivity index (χ1n) is 13.4. The van der Waals surface area contributed by atoms with Gasteiger partial charge in [-0.1, -0.05) is 61.2 Å². The number of hydrogen-bond acceptors (Lipinski definition) is 7. The van der Waals surface area contributed by atoms with E-state index in [1.807, 2.05) is 24.5 Å². The van der Waals surface area contributed by atoms with Crippen LogP contribution in [-0.2, 0) is 38.4 Å². The summed E-state index contributed by atoms with van der Waals surface area (Å²) in [6, 6.07) is 14.5. The molecule has 0 N–H and O–H groups in total. The van der Waals surface area contributed by atoms with Crippen LogP contribution < -0.4 is 5.19 Å². The summed E-state index contributed by atoms with van der Waals surface area (Å²) in [4.78, 5) is 40.2. The highest BCUT2D eigenvalue weighted by atomic mass is 28.3. The van der Waals surface area contributed by atoms with Gasteiger partial charge in [-0.15, -0.1) is 0 Å². The van der Waals surface area contributed by atoms with Gasteiger partial charge < -0.3 is 14.0 Å². The van der Waals surface area contributed by atoms with E-state index in [2.05, 4.69) is 58.4 Å². The van der Waals surface area contributed by atoms with Crippen molar-refractivity contribution in [2.24, 2.45) is 5.41 Å². The molecular formula is C30H34N4O4Si. The molecule has 4 aromatic rings. The standard InChI is InChI=1S/C30H34N4O4Si/c1-6-37-28(35)30(29(36)38-7-2)15-21-13-23(24(39(3,4)5)14-22(21)16-30)25-26-27(32-18-31-25)33-19-34(26)17-20-11-9-8-10-12-20/h8-14,18-19H,6-7,15-17H2,1-5H3. The lowest BCUT2D eigenvalue weighted by atomic mass is 9.84. The van der Waals surface area contributed by atoms with Gasteiger partial charge in [0.1, 0.15) is 11.8 Å². The summed E-state index contributed by atoms with van der Waals surface area (Å²) in [6.07, 6.45) is 3.86. The van der Waals surface area contributed by atoms with E-state index in [-0.39, 0.29) is 26.1 Å². The average Bonchev–Trinajstić information content (AvgIpc) is 3.50. The van der Waals surface area contributed by atoms with Crippen molar-refractivity contribution < 1.29 is 19.1 Å². The third-order valence-corrected chi connectivity index (χ3v) is 9.35. The van der Waals surface area contributed by atoms with E-state index in [9.17, 15) is 9.59 Å². The summed E-state index contributed by atoms with van der Waals surface area (Å²) in [5, 5.41) is 1.21. The third-order valence-electron chi connectivity index (χ3n) is 7.33. The second kappa shape index (κ2) is 10.4. The van der Waals surface area contributed by atoms with Crippen LogP contribution in [0, 0.1) is 5.41 Å². The molecule has 1 aliphatic rings. The summed E-state index contributed by atoms with van der Waals surface area (Å²) in [7, 11) is -1.92. The minimum Gasteiger partial charge on any atom is -0.465 e. The second-order valence-corrected chi connectivity index (χ2v) is 16.1. The summed E-state index contributed by atoms with van der Waals surface area (Å²) in [5.41, 5.74) is 5.00. The Morgan fingerprint density at radius 1 is 0.923 bits per heavy atom. The normalized spacial score (nSPS) is 14.3. The van der Waals surface area contributed by atoms with Gasteiger partial charge in [-0.05, 0) is 49.4 Å². The Morgan fingerprint density at radius 3 is 2.18 bits per heavy atom. The molecule has 0 aliphatic heterocycles. The highest BCUT2D eigenvalue weighted by Crippen LogP contribution is 2.41. The smallest absolute Gasteiger partial charge is 0.324 e. The molecule has 0 bridgehead atoms. The topological polar surface area (TPSA) is 96.2 Å². The molecule has 0 saturated heterocycles. The molecule has 2 heterocycles. The average molecular weight is 543 g/mol. The molecule has 2 aromatic heterocycles. The van der Waals surface area contributed by atoms with Crippen LogP contribution in [0.15, 0.2) is 55.1 Å². The zero-order valence-electron chi connectivity index (χ0n) is 23.2. The summed E-state index contributed by atoms with van der Waals surface area (Å²) in [6.45, 7) is 11.4. The fourth-order valence-electron chi connectivity index (χ4n) is 5.47. The number of ether oxygens (including phenoxy) is 2. The quantitative estimate of drug-likeness (QED) is 0.186. The number of aromatic nitrogens is 4. The molecule has 202 valence electrons. The lowest BCUT2D eigenvalue weighted by Gasteiger charge is -2.24. The first-order chi connectivity index (χ1) is 18.7. The Balaban J connectivity index is 1.67. The molecule has 0 unspecified atom stereocenters. The van der Waals surface area contributed by atoms with E-state index in [1.165, 1.54) is 5.19 Å². The largest absolute Gasteiger partial charge is 0.465 e. The molecular weight excluding hydrogens is 508 g/mol. The molecule has 5 rings (SSSR count). The molecule has 0 saturated carbocycles. The molecule has 0 atom stereocenters. The highest BCUT2D eigenvalue weighted by Gasteiger charge is 2.53. The number of hydrogen-bond donors (Lipinski definition) is 0. The predicted octanol–water partition coefficient (Wildman–Crippen LogP) is 4.30. The van der Waals surface area contributed by atoms with Gasteiger partial charge in [-0.2, -0.15) is 0 Å². The zero-order valence-corrected chi connectivity index (χ0v) is 24.2. The van der Waals surface area contributed by atoms with Crippen LogP contribution in [-0.4, -0.2) is 52.7 Å². The van der Waals surface area contributed by atoms with Gasteiger partial charge in [-0.25, -0.2) is 15.0 Å². The van der Waals surface area contributed by atoms with Crippen molar-refractivity contribution in [1.82, 2.24) is 19.5 Å². The van der Waals surface area contributed by atoms with Crippen molar-refractivity contribution >= 4 is 36.4 Å². The van der Waals surface area contributed by atoms with Crippen molar-refractivity contribution in [2.75, 3.05) is 13.2 Å². The van der Waals surface area contributed by atoms with E-state index in [1.54, 1.807) is 20.2 Å². The minimum absolute atomic E-state index is 0.200. The van der Waals surface area contributed by atoms with Crippen molar-refractivity contribution in [3.05, 3.63) is 71.8 Å². The molecule has 0 spiro atoms. The number of carbonyl (C=O) groups is 2. The van der Waals surface area contributed by atoms with Crippen LogP contribution in [0.4, 0.5) is 0 Å². The van der Waals surface area contributed by atoms with Gasteiger partial charge in [0.05, 0.1) is 33.3 Å². The molecule has 2 aromatic carbocycles. The van der Waals surface area contributed by atoms with E-state index in [0.717, 1.165) is 33.5 Å². The van der Waals surface area contributed by atoms with Crippen molar-refractivity contribution in [3.63, 3.8) is 0 Å².